The SMILES string of the molecule is CC1CN(C(=O)Cc2cc(Br)ccc2F)CCN1C(=O)OC(C)(C)C. The molecule has 2 amide bonds. The quantitative estimate of drug-likeness (QED) is 0.742. The van der Waals surface area contributed by atoms with Crippen LogP contribution in [0.3, 0.4) is 0 Å². The van der Waals surface area contributed by atoms with Gasteiger partial charge in [-0.1, -0.05) is 15.9 Å². The second-order valence-electron chi connectivity index (χ2n) is 7.28. The van der Waals surface area contributed by atoms with Crippen LogP contribution in [0.25, 0.3) is 0 Å². The van der Waals surface area contributed by atoms with Crippen molar-refractivity contribution < 1.29 is 18.7 Å². The molecule has 0 aromatic heterocycles. The standard InChI is InChI=1S/C18H24BrFN2O3/c1-12-11-21(7-8-22(12)17(24)25-18(2,3)4)16(23)10-13-9-14(19)5-6-15(13)20/h5-6,9,12H,7-8,10-11H2,1-4H3. The molecular weight excluding hydrogens is 391 g/mol. The first-order valence-corrected chi connectivity index (χ1v) is 9.07. The summed E-state index contributed by atoms with van der Waals surface area (Å²) in [5.74, 6) is -0.537. The van der Waals surface area contributed by atoms with Crippen LogP contribution in [0.1, 0.15) is 33.3 Å². The summed E-state index contributed by atoms with van der Waals surface area (Å²) < 4.78 is 20.0. The Kier molecular flexibility index (Phi) is 6.08. The lowest BCUT2D eigenvalue weighted by atomic mass is 10.1. The van der Waals surface area contributed by atoms with Gasteiger partial charge in [0.1, 0.15) is 11.4 Å². The number of carbonyl (C=O) groups excluding carboxylic acids is 2. The van der Waals surface area contributed by atoms with Crippen molar-refractivity contribution in [3.05, 3.63) is 34.1 Å². The van der Waals surface area contributed by atoms with E-state index in [2.05, 4.69) is 15.9 Å². The molecule has 138 valence electrons. The van der Waals surface area contributed by atoms with Crippen LogP contribution in [0.15, 0.2) is 22.7 Å². The molecule has 0 saturated carbocycles. The highest BCUT2D eigenvalue weighted by Gasteiger charge is 2.32. The van der Waals surface area contributed by atoms with Crippen molar-refractivity contribution in [1.29, 1.82) is 0 Å². The molecule has 5 nitrogen and oxygen atoms in total. The zero-order chi connectivity index (χ0) is 18.8. The fraction of sp³-hybridized carbons (Fsp3) is 0.556. The number of hydrogen-bond acceptors (Lipinski definition) is 3. The molecule has 1 aliphatic heterocycles. The van der Waals surface area contributed by atoms with Crippen LogP contribution in [0.2, 0.25) is 0 Å². The van der Waals surface area contributed by atoms with E-state index in [0.717, 1.165) is 4.47 Å². The number of carbonyl (C=O) groups is 2. The summed E-state index contributed by atoms with van der Waals surface area (Å²) in [5.41, 5.74) is -0.191. The van der Waals surface area contributed by atoms with Gasteiger partial charge in [0, 0.05) is 30.1 Å². The summed E-state index contributed by atoms with van der Waals surface area (Å²) in [6, 6.07) is 4.41. The molecule has 1 aromatic carbocycles. The lowest BCUT2D eigenvalue weighted by Gasteiger charge is -2.40. The maximum absolute atomic E-state index is 13.8. The highest BCUT2D eigenvalue weighted by Crippen LogP contribution is 2.19. The average molecular weight is 415 g/mol. The van der Waals surface area contributed by atoms with E-state index in [9.17, 15) is 14.0 Å². The normalized spacial score (nSPS) is 18.2. The topological polar surface area (TPSA) is 49.9 Å². The van der Waals surface area contributed by atoms with Gasteiger partial charge in [0.05, 0.1) is 6.42 Å². The smallest absolute Gasteiger partial charge is 0.410 e. The Hall–Kier alpha value is -1.63. The second-order valence-corrected chi connectivity index (χ2v) is 8.19. The van der Waals surface area contributed by atoms with Crippen LogP contribution in [-0.2, 0) is 16.0 Å². The van der Waals surface area contributed by atoms with E-state index >= 15 is 0 Å². The molecule has 7 heteroatoms. The van der Waals surface area contributed by atoms with Gasteiger partial charge in [-0.3, -0.25) is 4.79 Å². The molecule has 1 unspecified atom stereocenters. The number of benzene rings is 1. The minimum atomic E-state index is -0.554. The van der Waals surface area contributed by atoms with E-state index < -0.39 is 11.4 Å². The minimum Gasteiger partial charge on any atom is -0.444 e. The molecule has 0 spiro atoms. The molecule has 0 N–H and O–H groups in total. The zero-order valence-electron chi connectivity index (χ0n) is 15.0. The molecule has 1 fully saturated rings. The highest BCUT2D eigenvalue weighted by atomic mass is 79.9. The van der Waals surface area contributed by atoms with Crippen molar-refractivity contribution in [2.24, 2.45) is 0 Å². The molecule has 0 aliphatic carbocycles. The second kappa shape index (κ2) is 7.72. The van der Waals surface area contributed by atoms with E-state index in [0.29, 0.717) is 25.2 Å². The van der Waals surface area contributed by atoms with Crippen molar-refractivity contribution in [2.45, 2.75) is 45.8 Å². The van der Waals surface area contributed by atoms with Crippen molar-refractivity contribution in [2.75, 3.05) is 19.6 Å². The van der Waals surface area contributed by atoms with E-state index in [4.69, 9.17) is 4.74 Å². The fourth-order valence-electron chi connectivity index (χ4n) is 2.73. The highest BCUT2D eigenvalue weighted by molar-refractivity contribution is 9.10. The van der Waals surface area contributed by atoms with Gasteiger partial charge < -0.3 is 14.5 Å². The summed E-state index contributed by atoms with van der Waals surface area (Å²) in [5, 5.41) is 0. The maximum atomic E-state index is 13.8. The molecule has 0 radical (unpaired) electrons. The molecule has 1 aliphatic rings. The predicted molar refractivity (Wildman–Crippen MR) is 96.8 cm³/mol. The van der Waals surface area contributed by atoms with Crippen LogP contribution in [-0.4, -0.2) is 53.1 Å². The Bertz CT molecular complexity index is 660. The Labute approximate surface area is 156 Å². The van der Waals surface area contributed by atoms with Crippen LogP contribution < -0.4 is 0 Å². The van der Waals surface area contributed by atoms with Gasteiger partial charge in [0.25, 0.3) is 0 Å². The van der Waals surface area contributed by atoms with Gasteiger partial charge in [-0.05, 0) is 51.5 Å². The van der Waals surface area contributed by atoms with Gasteiger partial charge in [0.2, 0.25) is 5.91 Å². The van der Waals surface area contributed by atoms with Crippen molar-refractivity contribution in [3.8, 4) is 0 Å². The van der Waals surface area contributed by atoms with E-state index in [1.165, 1.54) is 6.07 Å². The number of piperazine rings is 1. The minimum absolute atomic E-state index is 0.00440. The van der Waals surface area contributed by atoms with Gasteiger partial charge in [-0.2, -0.15) is 0 Å². The molecule has 1 aromatic rings. The van der Waals surface area contributed by atoms with E-state index in [1.807, 2.05) is 27.7 Å². The fourth-order valence-corrected chi connectivity index (χ4v) is 3.14. The summed E-state index contributed by atoms with van der Waals surface area (Å²) in [7, 11) is 0. The van der Waals surface area contributed by atoms with E-state index in [1.54, 1.807) is 21.9 Å². The molecule has 1 saturated heterocycles. The third kappa shape index (κ3) is 5.42. The predicted octanol–water partition coefficient (Wildman–Crippen LogP) is 3.60. The summed E-state index contributed by atoms with van der Waals surface area (Å²) >= 11 is 3.29. The van der Waals surface area contributed by atoms with E-state index in [-0.39, 0.29) is 24.5 Å². The summed E-state index contributed by atoms with van der Waals surface area (Å²) in [4.78, 5) is 28.0. The van der Waals surface area contributed by atoms with Crippen molar-refractivity contribution in [1.82, 2.24) is 9.80 Å². The number of halogens is 2. The third-order valence-corrected chi connectivity index (χ3v) is 4.45. The summed E-state index contributed by atoms with van der Waals surface area (Å²) in [6.07, 6.45) is -0.366. The van der Waals surface area contributed by atoms with Crippen LogP contribution >= 0.6 is 15.9 Å². The first-order valence-electron chi connectivity index (χ1n) is 8.28. The van der Waals surface area contributed by atoms with Crippen LogP contribution in [0.5, 0.6) is 0 Å². The van der Waals surface area contributed by atoms with Gasteiger partial charge in [0.15, 0.2) is 0 Å². The molecule has 25 heavy (non-hydrogen) atoms. The Morgan fingerprint density at radius 2 is 2.00 bits per heavy atom. The number of rotatable bonds is 2. The lowest BCUT2D eigenvalue weighted by molar-refractivity contribution is -0.133. The molecule has 1 heterocycles. The van der Waals surface area contributed by atoms with Crippen LogP contribution in [0.4, 0.5) is 9.18 Å². The van der Waals surface area contributed by atoms with Gasteiger partial charge in [-0.15, -0.1) is 0 Å². The third-order valence-electron chi connectivity index (χ3n) is 3.96. The first kappa shape index (κ1) is 19.7. The number of amides is 2. The Morgan fingerprint density at radius 1 is 1.32 bits per heavy atom. The monoisotopic (exact) mass is 414 g/mol. The molecule has 2 rings (SSSR count). The largest absolute Gasteiger partial charge is 0.444 e. The Balaban J connectivity index is 1.97. The maximum Gasteiger partial charge on any atom is 0.410 e. The number of ether oxygens (including phenoxy) is 1. The molecule has 0 bridgehead atoms. The number of nitrogens with zero attached hydrogens (tertiary/aromatic N) is 2. The van der Waals surface area contributed by atoms with Crippen molar-refractivity contribution in [3.63, 3.8) is 0 Å². The van der Waals surface area contributed by atoms with Gasteiger partial charge in [-0.25, -0.2) is 9.18 Å². The van der Waals surface area contributed by atoms with Gasteiger partial charge >= 0.3 is 6.09 Å². The lowest BCUT2D eigenvalue weighted by Crippen LogP contribution is -2.56. The van der Waals surface area contributed by atoms with Crippen molar-refractivity contribution >= 4 is 27.9 Å². The first-order chi connectivity index (χ1) is 11.6. The average Bonchev–Trinajstić information content (AvgIpc) is 2.48. The molecular formula is C18H24BrFN2O3. The zero-order valence-corrected chi connectivity index (χ0v) is 16.6. The molecule has 1 atom stereocenters. The number of hydrogen-bond donors (Lipinski definition) is 0. The van der Waals surface area contributed by atoms with Crippen LogP contribution in [0, 0.1) is 5.82 Å². The Morgan fingerprint density at radius 3 is 2.60 bits per heavy atom. The summed E-state index contributed by atoms with van der Waals surface area (Å²) in [6.45, 7) is 8.57.